The van der Waals surface area contributed by atoms with Gasteiger partial charge in [0, 0.05) is 5.25 Å². The maximum atomic E-state index is 12.1. The first-order chi connectivity index (χ1) is 9.18. The normalized spacial score (nSPS) is 26.6. The Kier molecular flexibility index (Phi) is 7.84. The molecule has 1 saturated carbocycles. The predicted molar refractivity (Wildman–Crippen MR) is 82.7 cm³/mol. The number of ether oxygens (including phenoxy) is 1. The number of methoxy groups -OCH3 is 1. The molecule has 1 fully saturated rings. The van der Waals surface area contributed by atoms with Crippen molar-refractivity contribution in [3.8, 4) is 0 Å². The fourth-order valence-corrected chi connectivity index (χ4v) is 4.11. The van der Waals surface area contributed by atoms with E-state index in [1.54, 1.807) is 0 Å². The Balaban J connectivity index is 2.44. The SMILES string of the molecule is CCCCCSC1CCC(NCCC)(C(=O)OC)C1. The first-order valence-corrected chi connectivity index (χ1v) is 8.68. The highest BCUT2D eigenvalue weighted by Crippen LogP contribution is 2.38. The van der Waals surface area contributed by atoms with Crippen LogP contribution in [0.15, 0.2) is 0 Å². The molecule has 0 aromatic carbocycles. The lowest BCUT2D eigenvalue weighted by Gasteiger charge is -2.27. The lowest BCUT2D eigenvalue weighted by Crippen LogP contribution is -2.51. The van der Waals surface area contributed by atoms with Crippen LogP contribution in [-0.4, -0.2) is 36.2 Å². The van der Waals surface area contributed by atoms with E-state index in [9.17, 15) is 4.79 Å². The molecule has 4 heteroatoms. The summed E-state index contributed by atoms with van der Waals surface area (Å²) in [5.41, 5.74) is -0.410. The molecule has 1 N–H and O–H groups in total. The molecule has 112 valence electrons. The van der Waals surface area contributed by atoms with Crippen LogP contribution in [-0.2, 0) is 9.53 Å². The summed E-state index contributed by atoms with van der Waals surface area (Å²) in [6.45, 7) is 5.25. The second-order valence-electron chi connectivity index (χ2n) is 5.44. The van der Waals surface area contributed by atoms with E-state index in [-0.39, 0.29) is 5.97 Å². The number of carbonyl (C=O) groups excluding carboxylic acids is 1. The van der Waals surface area contributed by atoms with Crippen molar-refractivity contribution in [2.45, 2.75) is 69.6 Å². The minimum atomic E-state index is -0.410. The minimum absolute atomic E-state index is 0.0717. The molecule has 0 aliphatic heterocycles. The molecule has 1 aliphatic carbocycles. The summed E-state index contributed by atoms with van der Waals surface area (Å²) >= 11 is 2.04. The van der Waals surface area contributed by atoms with E-state index in [2.05, 4.69) is 19.2 Å². The quantitative estimate of drug-likeness (QED) is 0.521. The number of carbonyl (C=O) groups is 1. The van der Waals surface area contributed by atoms with Gasteiger partial charge in [-0.3, -0.25) is 4.79 Å². The van der Waals surface area contributed by atoms with Gasteiger partial charge in [0.15, 0.2) is 0 Å². The molecule has 0 amide bonds. The molecule has 19 heavy (non-hydrogen) atoms. The number of esters is 1. The van der Waals surface area contributed by atoms with Crippen LogP contribution in [0.4, 0.5) is 0 Å². The van der Waals surface area contributed by atoms with Crippen LogP contribution in [0.3, 0.4) is 0 Å². The van der Waals surface area contributed by atoms with Gasteiger partial charge in [0.1, 0.15) is 5.54 Å². The van der Waals surface area contributed by atoms with Crippen molar-refractivity contribution < 1.29 is 9.53 Å². The zero-order valence-electron chi connectivity index (χ0n) is 12.7. The third-order valence-corrected chi connectivity index (χ3v) is 5.26. The summed E-state index contributed by atoms with van der Waals surface area (Å²) in [5.74, 6) is 1.15. The monoisotopic (exact) mass is 287 g/mol. The maximum Gasteiger partial charge on any atom is 0.326 e. The summed E-state index contributed by atoms with van der Waals surface area (Å²) in [6.07, 6.45) is 7.91. The van der Waals surface area contributed by atoms with E-state index in [0.29, 0.717) is 5.25 Å². The van der Waals surface area contributed by atoms with Crippen LogP contribution in [0.1, 0.15) is 58.8 Å². The highest BCUT2D eigenvalue weighted by Gasteiger charge is 2.45. The predicted octanol–water partition coefficient (Wildman–Crippen LogP) is 3.37. The molecular formula is C15H29NO2S. The van der Waals surface area contributed by atoms with Gasteiger partial charge in [-0.1, -0.05) is 26.7 Å². The average Bonchev–Trinajstić information content (AvgIpc) is 2.85. The molecular weight excluding hydrogens is 258 g/mol. The molecule has 0 aromatic rings. The first-order valence-electron chi connectivity index (χ1n) is 7.63. The van der Waals surface area contributed by atoms with Gasteiger partial charge in [-0.2, -0.15) is 11.8 Å². The van der Waals surface area contributed by atoms with Crippen LogP contribution in [0.2, 0.25) is 0 Å². The number of thioether (sulfide) groups is 1. The molecule has 0 saturated heterocycles. The first kappa shape index (κ1) is 16.8. The lowest BCUT2D eigenvalue weighted by molar-refractivity contribution is -0.148. The molecule has 0 heterocycles. The molecule has 0 aromatic heterocycles. The smallest absolute Gasteiger partial charge is 0.326 e. The van der Waals surface area contributed by atoms with Crippen molar-refractivity contribution in [3.05, 3.63) is 0 Å². The van der Waals surface area contributed by atoms with Crippen molar-refractivity contribution >= 4 is 17.7 Å². The van der Waals surface area contributed by atoms with Crippen molar-refractivity contribution in [1.82, 2.24) is 5.32 Å². The Morgan fingerprint density at radius 1 is 1.37 bits per heavy atom. The molecule has 0 bridgehead atoms. The Bertz CT molecular complexity index is 273. The number of unbranched alkanes of at least 4 members (excludes halogenated alkanes) is 2. The van der Waals surface area contributed by atoms with Crippen molar-refractivity contribution in [2.75, 3.05) is 19.4 Å². The Morgan fingerprint density at radius 2 is 2.16 bits per heavy atom. The van der Waals surface area contributed by atoms with Crippen molar-refractivity contribution in [3.63, 3.8) is 0 Å². The lowest BCUT2D eigenvalue weighted by atomic mass is 9.97. The third-order valence-electron chi connectivity index (χ3n) is 3.86. The largest absolute Gasteiger partial charge is 0.468 e. The number of nitrogens with one attached hydrogen (secondary N) is 1. The zero-order chi connectivity index (χ0) is 14.1. The molecule has 1 rings (SSSR count). The maximum absolute atomic E-state index is 12.1. The zero-order valence-corrected chi connectivity index (χ0v) is 13.5. The van der Waals surface area contributed by atoms with Crippen LogP contribution < -0.4 is 5.32 Å². The van der Waals surface area contributed by atoms with Crippen LogP contribution in [0, 0.1) is 0 Å². The standard InChI is InChI=1S/C15H29NO2S/c1-4-6-7-11-19-13-8-9-15(12-13,14(17)18-3)16-10-5-2/h13,16H,4-12H2,1-3H3. The van der Waals surface area contributed by atoms with Gasteiger partial charge >= 0.3 is 5.97 Å². The van der Waals surface area contributed by atoms with Crippen molar-refractivity contribution in [2.24, 2.45) is 0 Å². The Hall–Kier alpha value is -0.220. The van der Waals surface area contributed by atoms with E-state index in [4.69, 9.17) is 4.74 Å². The molecule has 0 spiro atoms. The van der Waals surface area contributed by atoms with Gasteiger partial charge in [-0.05, 0) is 44.4 Å². The Labute approximate surface area is 122 Å². The molecule has 0 radical (unpaired) electrons. The van der Waals surface area contributed by atoms with Gasteiger partial charge in [-0.25, -0.2) is 0 Å². The number of hydrogen-bond donors (Lipinski definition) is 1. The van der Waals surface area contributed by atoms with Gasteiger partial charge in [0.25, 0.3) is 0 Å². The van der Waals surface area contributed by atoms with E-state index >= 15 is 0 Å². The summed E-state index contributed by atoms with van der Waals surface area (Å²) in [7, 11) is 1.50. The molecule has 2 unspecified atom stereocenters. The van der Waals surface area contributed by atoms with E-state index in [1.165, 1.54) is 32.1 Å². The molecule has 2 atom stereocenters. The molecule has 3 nitrogen and oxygen atoms in total. The van der Waals surface area contributed by atoms with Crippen LogP contribution in [0.25, 0.3) is 0 Å². The fourth-order valence-electron chi connectivity index (χ4n) is 2.72. The van der Waals surface area contributed by atoms with Crippen LogP contribution in [0.5, 0.6) is 0 Å². The third kappa shape index (κ3) is 4.99. The van der Waals surface area contributed by atoms with Gasteiger partial charge in [-0.15, -0.1) is 0 Å². The van der Waals surface area contributed by atoms with Crippen molar-refractivity contribution in [1.29, 1.82) is 0 Å². The Morgan fingerprint density at radius 3 is 2.79 bits per heavy atom. The number of rotatable bonds is 9. The summed E-state index contributed by atoms with van der Waals surface area (Å²) in [4.78, 5) is 12.1. The summed E-state index contributed by atoms with van der Waals surface area (Å²) in [5, 5.41) is 4.05. The van der Waals surface area contributed by atoms with Gasteiger partial charge in [0.05, 0.1) is 7.11 Å². The highest BCUT2D eigenvalue weighted by atomic mass is 32.2. The van der Waals surface area contributed by atoms with Gasteiger partial charge in [0.2, 0.25) is 0 Å². The summed E-state index contributed by atoms with van der Waals surface area (Å²) < 4.78 is 5.02. The second-order valence-corrected chi connectivity index (χ2v) is 6.85. The topological polar surface area (TPSA) is 38.3 Å². The fraction of sp³-hybridized carbons (Fsp3) is 0.933. The summed E-state index contributed by atoms with van der Waals surface area (Å²) in [6, 6.07) is 0. The van der Waals surface area contributed by atoms with Crippen LogP contribution >= 0.6 is 11.8 Å². The number of hydrogen-bond acceptors (Lipinski definition) is 4. The molecule has 1 aliphatic rings. The highest BCUT2D eigenvalue weighted by molar-refractivity contribution is 7.99. The van der Waals surface area contributed by atoms with Gasteiger partial charge < -0.3 is 10.1 Å². The minimum Gasteiger partial charge on any atom is -0.468 e. The van der Waals surface area contributed by atoms with E-state index in [1.807, 2.05) is 11.8 Å². The van der Waals surface area contributed by atoms with E-state index < -0.39 is 5.54 Å². The van der Waals surface area contributed by atoms with E-state index in [0.717, 1.165) is 32.2 Å². The second kappa shape index (κ2) is 8.85. The average molecular weight is 287 g/mol.